The highest BCUT2D eigenvalue weighted by molar-refractivity contribution is 9.10. The molecule has 0 saturated carbocycles. The van der Waals surface area contributed by atoms with Crippen LogP contribution < -0.4 is 11.1 Å². The lowest BCUT2D eigenvalue weighted by molar-refractivity contribution is 0.742. The zero-order chi connectivity index (χ0) is 13.8. The van der Waals surface area contributed by atoms with Gasteiger partial charge in [0.15, 0.2) is 0 Å². The van der Waals surface area contributed by atoms with Crippen molar-refractivity contribution in [2.75, 3.05) is 5.32 Å². The molecule has 0 bridgehead atoms. The molecule has 0 amide bonds. The minimum absolute atomic E-state index is 0.169. The van der Waals surface area contributed by atoms with Crippen molar-refractivity contribution in [3.05, 3.63) is 44.8 Å². The molecule has 0 aliphatic carbocycles. The van der Waals surface area contributed by atoms with Gasteiger partial charge in [0, 0.05) is 27.3 Å². The Labute approximate surface area is 130 Å². The molecule has 0 aliphatic rings. The zero-order valence-corrected chi connectivity index (χ0v) is 13.6. The van der Waals surface area contributed by atoms with Crippen LogP contribution in [0.1, 0.15) is 30.0 Å². The molecule has 19 heavy (non-hydrogen) atoms. The highest BCUT2D eigenvalue weighted by Crippen LogP contribution is 2.28. The Balaban J connectivity index is 2.31. The predicted molar refractivity (Wildman–Crippen MR) is 88.8 cm³/mol. The van der Waals surface area contributed by atoms with Gasteiger partial charge in [-0.15, -0.1) is 11.3 Å². The Hall–Kier alpha value is -0.980. The van der Waals surface area contributed by atoms with E-state index < -0.39 is 0 Å². The van der Waals surface area contributed by atoms with Gasteiger partial charge in [0.1, 0.15) is 10.00 Å². The topological polar surface area (TPSA) is 50.9 Å². The Morgan fingerprint density at radius 3 is 2.95 bits per heavy atom. The third-order valence-corrected chi connectivity index (χ3v) is 4.34. The van der Waals surface area contributed by atoms with E-state index in [2.05, 4.69) is 33.2 Å². The fourth-order valence-electron chi connectivity index (χ4n) is 1.78. The third-order valence-electron chi connectivity index (χ3n) is 2.73. The van der Waals surface area contributed by atoms with Crippen LogP contribution in [0, 0.1) is 0 Å². The first kappa shape index (κ1) is 14.4. The van der Waals surface area contributed by atoms with Gasteiger partial charge < -0.3 is 11.1 Å². The minimum atomic E-state index is 0.169. The molecular weight excluding hydrogens is 342 g/mol. The lowest BCUT2D eigenvalue weighted by Crippen LogP contribution is -2.16. The second-order valence-electron chi connectivity index (χ2n) is 4.03. The second-order valence-corrected chi connectivity index (χ2v) is 6.31. The molecule has 100 valence electrons. The van der Waals surface area contributed by atoms with Gasteiger partial charge in [-0.3, -0.25) is 0 Å². The highest BCUT2D eigenvalue weighted by Gasteiger charge is 2.14. The van der Waals surface area contributed by atoms with Gasteiger partial charge in [-0.05, 0) is 24.6 Å². The molecule has 0 spiro atoms. The lowest BCUT2D eigenvalue weighted by atomic mass is 10.1. The Kier molecular flexibility index (Phi) is 4.90. The van der Waals surface area contributed by atoms with Crippen molar-refractivity contribution in [1.82, 2.24) is 4.98 Å². The molecular formula is C13H14BrN3S2. The third kappa shape index (κ3) is 3.52. The molecule has 3 nitrogen and oxygen atoms in total. The number of benzene rings is 1. The van der Waals surface area contributed by atoms with E-state index in [-0.39, 0.29) is 6.04 Å². The van der Waals surface area contributed by atoms with Crippen molar-refractivity contribution in [3.8, 4) is 0 Å². The number of halogens is 1. The van der Waals surface area contributed by atoms with E-state index in [9.17, 15) is 0 Å². The quantitative estimate of drug-likeness (QED) is 0.792. The van der Waals surface area contributed by atoms with E-state index in [4.69, 9.17) is 18.0 Å². The first-order valence-electron chi connectivity index (χ1n) is 5.87. The fraction of sp³-hybridized carbons (Fsp3) is 0.231. The molecule has 0 saturated heterocycles. The summed E-state index contributed by atoms with van der Waals surface area (Å²) in [6.45, 7) is 2.12. The normalized spacial score (nSPS) is 12.1. The number of aromatic nitrogens is 1. The van der Waals surface area contributed by atoms with Crippen molar-refractivity contribution in [2.45, 2.75) is 19.4 Å². The monoisotopic (exact) mass is 355 g/mol. The van der Waals surface area contributed by atoms with Crippen LogP contribution in [-0.4, -0.2) is 9.97 Å². The second kappa shape index (κ2) is 6.45. The first-order valence-corrected chi connectivity index (χ1v) is 7.95. The number of nitrogens with zero attached hydrogens (tertiary/aromatic N) is 1. The summed E-state index contributed by atoms with van der Waals surface area (Å²) in [5.74, 6) is 0. The van der Waals surface area contributed by atoms with Crippen LogP contribution in [-0.2, 0) is 0 Å². The van der Waals surface area contributed by atoms with E-state index >= 15 is 0 Å². The zero-order valence-electron chi connectivity index (χ0n) is 10.4. The smallest absolute Gasteiger partial charge is 0.115 e. The number of thiocarbonyl (C=S) groups is 1. The van der Waals surface area contributed by atoms with Crippen LogP contribution in [0.2, 0.25) is 0 Å². The van der Waals surface area contributed by atoms with Crippen molar-refractivity contribution in [2.24, 2.45) is 5.73 Å². The SMILES string of the molecule is CCC(Nc1cc(Br)ccc1C(N)=S)c1nccs1. The number of thiazole rings is 1. The van der Waals surface area contributed by atoms with Gasteiger partial charge in [0.25, 0.3) is 0 Å². The summed E-state index contributed by atoms with van der Waals surface area (Å²) in [5, 5.41) is 6.52. The molecule has 1 aromatic carbocycles. The standard InChI is InChI=1S/C13H14BrN3S2/c1-2-10(13-16-5-6-19-13)17-11-7-8(14)3-4-9(11)12(15)18/h3-7,10,17H,2H2,1H3,(H2,15,18). The van der Waals surface area contributed by atoms with Crippen molar-refractivity contribution in [3.63, 3.8) is 0 Å². The molecule has 1 unspecified atom stereocenters. The number of nitrogens with two attached hydrogens (primary N) is 1. The van der Waals surface area contributed by atoms with E-state index in [1.807, 2.05) is 29.8 Å². The first-order chi connectivity index (χ1) is 9.11. The van der Waals surface area contributed by atoms with E-state index in [1.54, 1.807) is 11.3 Å². The highest BCUT2D eigenvalue weighted by atomic mass is 79.9. The van der Waals surface area contributed by atoms with Crippen molar-refractivity contribution < 1.29 is 0 Å². The number of rotatable bonds is 5. The van der Waals surface area contributed by atoms with Gasteiger partial charge in [-0.25, -0.2) is 4.98 Å². The number of anilines is 1. The van der Waals surface area contributed by atoms with Gasteiger partial charge in [-0.2, -0.15) is 0 Å². The van der Waals surface area contributed by atoms with Crippen LogP contribution >= 0.6 is 39.5 Å². The summed E-state index contributed by atoms with van der Waals surface area (Å²) >= 11 is 10.2. The molecule has 1 heterocycles. The summed E-state index contributed by atoms with van der Waals surface area (Å²) < 4.78 is 0.990. The average molecular weight is 356 g/mol. The summed E-state index contributed by atoms with van der Waals surface area (Å²) in [6.07, 6.45) is 2.76. The molecule has 6 heteroatoms. The Morgan fingerprint density at radius 2 is 2.37 bits per heavy atom. The summed E-state index contributed by atoms with van der Waals surface area (Å²) in [6, 6.07) is 6.01. The molecule has 1 aromatic heterocycles. The molecule has 0 aliphatic heterocycles. The van der Waals surface area contributed by atoms with Gasteiger partial charge in [-0.1, -0.05) is 35.1 Å². The molecule has 0 fully saturated rings. The molecule has 2 aromatic rings. The number of nitrogens with one attached hydrogen (secondary N) is 1. The lowest BCUT2D eigenvalue weighted by Gasteiger charge is -2.18. The van der Waals surface area contributed by atoms with Gasteiger partial charge >= 0.3 is 0 Å². The largest absolute Gasteiger partial charge is 0.389 e. The van der Waals surface area contributed by atoms with Gasteiger partial charge in [0.2, 0.25) is 0 Å². The van der Waals surface area contributed by atoms with Crippen LogP contribution in [0.5, 0.6) is 0 Å². The summed E-state index contributed by atoms with van der Waals surface area (Å²) in [7, 11) is 0. The van der Waals surface area contributed by atoms with Crippen molar-refractivity contribution in [1.29, 1.82) is 0 Å². The maximum atomic E-state index is 5.76. The molecule has 0 radical (unpaired) electrons. The fourth-order valence-corrected chi connectivity index (χ4v) is 3.10. The summed E-state index contributed by atoms with van der Waals surface area (Å²) in [4.78, 5) is 4.75. The van der Waals surface area contributed by atoms with Crippen LogP contribution in [0.4, 0.5) is 5.69 Å². The van der Waals surface area contributed by atoms with E-state index in [0.29, 0.717) is 4.99 Å². The van der Waals surface area contributed by atoms with E-state index in [0.717, 1.165) is 27.2 Å². The predicted octanol–water partition coefficient (Wildman–Crippen LogP) is 4.10. The molecule has 1 atom stereocenters. The molecule has 3 N–H and O–H groups in total. The maximum Gasteiger partial charge on any atom is 0.115 e. The number of hydrogen-bond donors (Lipinski definition) is 2. The Morgan fingerprint density at radius 1 is 1.58 bits per heavy atom. The van der Waals surface area contributed by atoms with Crippen LogP contribution in [0.25, 0.3) is 0 Å². The number of hydrogen-bond acceptors (Lipinski definition) is 4. The van der Waals surface area contributed by atoms with Crippen LogP contribution in [0.15, 0.2) is 34.2 Å². The maximum absolute atomic E-state index is 5.76. The summed E-state index contributed by atoms with van der Waals surface area (Å²) in [5.41, 5.74) is 7.55. The van der Waals surface area contributed by atoms with Crippen LogP contribution in [0.3, 0.4) is 0 Å². The van der Waals surface area contributed by atoms with E-state index in [1.165, 1.54) is 0 Å². The van der Waals surface area contributed by atoms with Gasteiger partial charge in [0.05, 0.1) is 6.04 Å². The average Bonchev–Trinajstić information content (AvgIpc) is 2.89. The Bertz CT molecular complexity index is 569. The molecule has 2 rings (SSSR count). The van der Waals surface area contributed by atoms with Crippen molar-refractivity contribution >= 4 is 50.2 Å². The minimum Gasteiger partial charge on any atom is -0.389 e.